The molecule has 0 aliphatic carbocycles. The van der Waals surface area contributed by atoms with Crippen LogP contribution in [0, 0.1) is 10.1 Å². The Bertz CT molecular complexity index is 961. The number of halogens is 3. The third-order valence-electron chi connectivity index (χ3n) is 3.77. The van der Waals surface area contributed by atoms with E-state index in [1.165, 1.54) is 19.1 Å². The molecule has 0 radical (unpaired) electrons. The van der Waals surface area contributed by atoms with Crippen molar-refractivity contribution in [3.05, 3.63) is 58.1 Å². The number of methoxy groups -OCH3 is 1. The first-order valence-corrected chi connectivity index (χ1v) is 8.90. The van der Waals surface area contributed by atoms with Gasteiger partial charge in [0.25, 0.3) is 15.5 Å². The normalized spacial score (nSPS) is 11.9. The Balaban J connectivity index is 2.47. The Morgan fingerprint density at radius 3 is 2.37 bits per heavy atom. The van der Waals surface area contributed by atoms with Gasteiger partial charge in [-0.2, -0.15) is 13.2 Å². The molecule has 0 fully saturated rings. The van der Waals surface area contributed by atoms with Gasteiger partial charge in [0, 0.05) is 25.2 Å². The van der Waals surface area contributed by atoms with Crippen molar-refractivity contribution in [2.45, 2.75) is 16.9 Å². The van der Waals surface area contributed by atoms with Crippen molar-refractivity contribution in [3.63, 3.8) is 0 Å². The van der Waals surface area contributed by atoms with E-state index in [0.29, 0.717) is 23.4 Å². The molecule has 0 aliphatic heterocycles. The second-order valence-electron chi connectivity index (χ2n) is 5.52. The monoisotopic (exact) mass is 404 g/mol. The third-order valence-corrected chi connectivity index (χ3v) is 5.25. The summed E-state index contributed by atoms with van der Waals surface area (Å²) < 4.78 is 66.3. The Morgan fingerprint density at radius 2 is 1.81 bits per heavy atom. The molecule has 0 saturated heterocycles. The summed E-state index contributed by atoms with van der Waals surface area (Å²) in [5.41, 5.74) is -5.65. The average Bonchev–Trinajstić information content (AvgIpc) is 2.60. The molecule has 27 heavy (non-hydrogen) atoms. The van der Waals surface area contributed by atoms with E-state index < -0.39 is 30.9 Å². The molecule has 0 heterocycles. The number of rotatable bonds is 6. The predicted octanol–water partition coefficient (Wildman–Crippen LogP) is 3.53. The average molecular weight is 404 g/mol. The van der Waals surface area contributed by atoms with Gasteiger partial charge in [0.05, 0.1) is 16.9 Å². The number of para-hydroxylation sites is 1. The van der Waals surface area contributed by atoms with Crippen LogP contribution in [-0.4, -0.2) is 33.0 Å². The molecule has 2 aromatic rings. The summed E-state index contributed by atoms with van der Waals surface area (Å²) in [5.74, 6) is 0.531. The maximum atomic E-state index is 12.7. The molecule has 2 aromatic carbocycles. The highest BCUT2D eigenvalue weighted by Gasteiger charge is 2.47. The van der Waals surface area contributed by atoms with Crippen molar-refractivity contribution in [1.29, 1.82) is 0 Å². The largest absolute Gasteiger partial charge is 0.501 e. The molecule has 0 aliphatic rings. The quantitative estimate of drug-likeness (QED) is 0.541. The minimum atomic E-state index is -5.69. The van der Waals surface area contributed by atoms with Gasteiger partial charge in [0.2, 0.25) is 0 Å². The first-order valence-electron chi connectivity index (χ1n) is 7.42. The lowest BCUT2D eigenvalue weighted by Gasteiger charge is -2.21. The van der Waals surface area contributed by atoms with Crippen LogP contribution in [0.1, 0.15) is 5.56 Å². The fraction of sp³-hybridized carbons (Fsp3) is 0.250. The maximum absolute atomic E-state index is 12.7. The van der Waals surface area contributed by atoms with Gasteiger partial charge in [-0.1, -0.05) is 18.2 Å². The van der Waals surface area contributed by atoms with Gasteiger partial charge in [-0.3, -0.25) is 10.1 Å². The molecule has 0 saturated carbocycles. The van der Waals surface area contributed by atoms with E-state index in [9.17, 15) is 31.7 Å². The highest BCUT2D eigenvalue weighted by Crippen LogP contribution is 2.36. The number of nitro groups is 1. The number of nitrogens with zero attached hydrogens (tertiary/aromatic N) is 2. The third kappa shape index (κ3) is 4.13. The lowest BCUT2D eigenvalue weighted by Crippen LogP contribution is -2.24. The number of sulfone groups is 1. The first-order chi connectivity index (χ1) is 12.5. The molecule has 0 atom stereocenters. The summed E-state index contributed by atoms with van der Waals surface area (Å²) in [7, 11) is -2.74. The summed E-state index contributed by atoms with van der Waals surface area (Å²) in [6.07, 6.45) is 0. The molecule has 0 aromatic heterocycles. The van der Waals surface area contributed by atoms with Gasteiger partial charge in [0.1, 0.15) is 11.4 Å². The number of hydrogen-bond donors (Lipinski definition) is 0. The molecule has 0 unspecified atom stereocenters. The van der Waals surface area contributed by atoms with E-state index in [1.807, 2.05) is 0 Å². The standard InChI is InChI=1S/C16H15F3N2O5S/c1-20(10-11-5-3-4-6-15(11)26-2)13-8-7-12(9-14(13)21(22)23)27(24,25)16(17,18)19/h3-9H,10H2,1-2H3. The highest BCUT2D eigenvalue weighted by molar-refractivity contribution is 7.92. The van der Waals surface area contributed by atoms with Crippen LogP contribution in [0.2, 0.25) is 0 Å². The van der Waals surface area contributed by atoms with Crippen LogP contribution in [0.4, 0.5) is 24.5 Å². The maximum Gasteiger partial charge on any atom is 0.501 e. The lowest BCUT2D eigenvalue weighted by molar-refractivity contribution is -0.384. The zero-order chi connectivity index (χ0) is 20.4. The molecular weight excluding hydrogens is 389 g/mol. The van der Waals surface area contributed by atoms with Crippen LogP contribution in [0.3, 0.4) is 0 Å². The molecule has 146 valence electrons. The number of hydrogen-bond acceptors (Lipinski definition) is 6. The summed E-state index contributed by atoms with van der Waals surface area (Å²) in [6.45, 7) is 0.149. The minimum Gasteiger partial charge on any atom is -0.496 e. The molecule has 0 amide bonds. The van der Waals surface area contributed by atoms with Crippen molar-refractivity contribution >= 4 is 21.2 Å². The molecule has 0 bridgehead atoms. The van der Waals surface area contributed by atoms with Gasteiger partial charge < -0.3 is 9.64 Å². The summed E-state index contributed by atoms with van der Waals surface area (Å²) in [5, 5.41) is 11.3. The van der Waals surface area contributed by atoms with Crippen LogP contribution in [0.15, 0.2) is 47.4 Å². The Labute approximate surface area is 153 Å². The second-order valence-corrected chi connectivity index (χ2v) is 7.47. The van der Waals surface area contributed by atoms with Crippen molar-refractivity contribution in [2.24, 2.45) is 0 Å². The number of nitro benzene ring substituents is 1. The lowest BCUT2D eigenvalue weighted by atomic mass is 10.1. The van der Waals surface area contributed by atoms with Gasteiger partial charge in [0.15, 0.2) is 0 Å². The second kappa shape index (κ2) is 7.43. The number of anilines is 1. The van der Waals surface area contributed by atoms with Crippen LogP contribution < -0.4 is 9.64 Å². The van der Waals surface area contributed by atoms with Crippen molar-refractivity contribution < 1.29 is 31.2 Å². The summed E-state index contributed by atoms with van der Waals surface area (Å²) in [4.78, 5) is 10.6. The van der Waals surface area contributed by atoms with Gasteiger partial charge in [-0.15, -0.1) is 0 Å². The molecule has 2 rings (SSSR count). The Morgan fingerprint density at radius 1 is 1.19 bits per heavy atom. The van der Waals surface area contributed by atoms with Crippen LogP contribution >= 0.6 is 0 Å². The molecule has 0 spiro atoms. The number of alkyl halides is 3. The van der Waals surface area contributed by atoms with E-state index in [0.717, 1.165) is 6.07 Å². The summed E-state index contributed by atoms with van der Waals surface area (Å²) in [6, 6.07) is 8.98. The predicted molar refractivity (Wildman–Crippen MR) is 91.4 cm³/mol. The van der Waals surface area contributed by atoms with Crippen LogP contribution in [0.25, 0.3) is 0 Å². The van der Waals surface area contributed by atoms with Crippen LogP contribution in [-0.2, 0) is 16.4 Å². The van der Waals surface area contributed by atoms with Gasteiger partial charge in [-0.05, 0) is 18.2 Å². The first kappa shape index (κ1) is 20.5. The van der Waals surface area contributed by atoms with E-state index >= 15 is 0 Å². The van der Waals surface area contributed by atoms with Gasteiger partial charge in [-0.25, -0.2) is 8.42 Å². The Kier molecular flexibility index (Phi) is 5.64. The molecule has 7 nitrogen and oxygen atoms in total. The highest BCUT2D eigenvalue weighted by atomic mass is 32.2. The van der Waals surface area contributed by atoms with Crippen LogP contribution in [0.5, 0.6) is 5.75 Å². The van der Waals surface area contributed by atoms with Gasteiger partial charge >= 0.3 is 5.51 Å². The van der Waals surface area contributed by atoms with Crippen molar-refractivity contribution in [1.82, 2.24) is 0 Å². The van der Waals surface area contributed by atoms with E-state index in [2.05, 4.69) is 0 Å². The smallest absolute Gasteiger partial charge is 0.496 e. The Hall–Kier alpha value is -2.82. The van der Waals surface area contributed by atoms with E-state index in [1.54, 1.807) is 24.3 Å². The fourth-order valence-electron chi connectivity index (χ4n) is 2.45. The van der Waals surface area contributed by atoms with Crippen molar-refractivity contribution in [3.8, 4) is 5.75 Å². The van der Waals surface area contributed by atoms with E-state index in [-0.39, 0.29) is 12.2 Å². The van der Waals surface area contributed by atoms with E-state index in [4.69, 9.17) is 4.74 Å². The minimum absolute atomic E-state index is 0.0352. The zero-order valence-electron chi connectivity index (χ0n) is 14.2. The fourth-order valence-corrected chi connectivity index (χ4v) is 3.23. The molecular formula is C16H15F3N2O5S. The summed E-state index contributed by atoms with van der Waals surface area (Å²) >= 11 is 0. The number of benzene rings is 2. The topological polar surface area (TPSA) is 89.8 Å². The molecule has 0 N–H and O–H groups in total. The zero-order valence-corrected chi connectivity index (χ0v) is 15.0. The SMILES string of the molecule is COc1ccccc1CN(C)c1ccc(S(=O)(=O)C(F)(F)F)cc1[N+](=O)[O-]. The van der Waals surface area contributed by atoms with Crippen molar-refractivity contribution in [2.75, 3.05) is 19.1 Å². The number of ether oxygens (including phenoxy) is 1. The molecule has 11 heteroatoms.